The van der Waals surface area contributed by atoms with Crippen molar-refractivity contribution in [2.45, 2.75) is 255 Å². The smallest absolute Gasteiger partial charge is 0.249 e. The third-order valence-electron chi connectivity index (χ3n) is 11.3. The Hall–Kier alpha value is -1.15. The van der Waals surface area contributed by atoms with Gasteiger partial charge >= 0.3 is 0 Å². The standard InChI is InChI=1S/C45H87NO10/c1-3-5-7-9-11-13-15-17-18-19-20-21-23-24-26-28-30-32-37(48)40(50)36(35-55-45-43(53)42(52)41(51)39(34-47)56-45)46-44(54)38(49)33-31-29-27-25-22-16-14-12-10-8-6-4-2/h22,25,36-43,45,47-53H,3-21,23-24,26-35H2,1-2H3,(H,46,54)/b25-22-. The van der Waals surface area contributed by atoms with Gasteiger partial charge in [0.05, 0.1) is 25.4 Å². The lowest BCUT2D eigenvalue weighted by atomic mass is 9.98. The first-order valence-corrected chi connectivity index (χ1v) is 23.1. The van der Waals surface area contributed by atoms with Crippen molar-refractivity contribution in [3.63, 3.8) is 0 Å². The van der Waals surface area contributed by atoms with Crippen molar-refractivity contribution in [1.29, 1.82) is 0 Å². The largest absolute Gasteiger partial charge is 0.394 e. The highest BCUT2D eigenvalue weighted by Gasteiger charge is 2.44. The molecule has 0 radical (unpaired) electrons. The Labute approximate surface area is 341 Å². The molecule has 9 atom stereocenters. The molecule has 11 heteroatoms. The van der Waals surface area contributed by atoms with Crippen LogP contribution in [0.1, 0.15) is 200 Å². The molecule has 0 spiro atoms. The summed E-state index contributed by atoms with van der Waals surface area (Å²) in [5.74, 6) is -0.713. The van der Waals surface area contributed by atoms with Gasteiger partial charge in [-0.3, -0.25) is 4.79 Å². The second-order valence-corrected chi connectivity index (χ2v) is 16.5. The maximum Gasteiger partial charge on any atom is 0.249 e. The number of aliphatic hydroxyl groups excluding tert-OH is 7. The molecule has 1 amide bonds. The third kappa shape index (κ3) is 25.4. The van der Waals surface area contributed by atoms with Gasteiger partial charge < -0.3 is 50.5 Å². The van der Waals surface area contributed by atoms with E-state index in [1.807, 2.05) is 0 Å². The fraction of sp³-hybridized carbons (Fsp3) is 0.933. The minimum atomic E-state index is -1.66. The van der Waals surface area contributed by atoms with Crippen molar-refractivity contribution in [3.05, 3.63) is 12.2 Å². The summed E-state index contributed by atoms with van der Waals surface area (Å²) in [4.78, 5) is 13.0. The molecule has 9 unspecified atom stereocenters. The molecule has 1 aliphatic rings. The predicted octanol–water partition coefficient (Wildman–Crippen LogP) is 7.28. The average Bonchev–Trinajstić information content (AvgIpc) is 3.20. The van der Waals surface area contributed by atoms with Crippen molar-refractivity contribution in [2.75, 3.05) is 13.2 Å². The molecule has 11 nitrogen and oxygen atoms in total. The number of carbonyl (C=O) groups excluding carboxylic acids is 1. The van der Waals surface area contributed by atoms with Crippen LogP contribution in [0.3, 0.4) is 0 Å². The minimum absolute atomic E-state index is 0.231. The van der Waals surface area contributed by atoms with Gasteiger partial charge in [-0.2, -0.15) is 0 Å². The van der Waals surface area contributed by atoms with Crippen LogP contribution in [-0.2, 0) is 14.3 Å². The van der Waals surface area contributed by atoms with Crippen LogP contribution >= 0.6 is 0 Å². The number of hydrogen-bond donors (Lipinski definition) is 8. The summed E-state index contributed by atoms with van der Waals surface area (Å²) in [6.07, 6.45) is 25.5. The Bertz CT molecular complexity index is 923. The zero-order valence-corrected chi connectivity index (χ0v) is 35.6. The molecule has 0 aromatic carbocycles. The number of amides is 1. The predicted molar refractivity (Wildman–Crippen MR) is 224 cm³/mol. The van der Waals surface area contributed by atoms with Gasteiger partial charge in [0.2, 0.25) is 5.91 Å². The first-order chi connectivity index (χ1) is 27.2. The number of rotatable bonds is 38. The van der Waals surface area contributed by atoms with E-state index in [1.165, 1.54) is 122 Å². The highest BCUT2D eigenvalue weighted by atomic mass is 16.7. The first-order valence-electron chi connectivity index (χ1n) is 23.1. The maximum absolute atomic E-state index is 13.0. The van der Waals surface area contributed by atoms with E-state index in [0.717, 1.165) is 38.5 Å². The van der Waals surface area contributed by atoms with Gasteiger partial charge in [0, 0.05) is 0 Å². The molecule has 1 rings (SSSR count). The number of unbranched alkanes of at least 4 members (excludes halogenated alkanes) is 24. The summed E-state index contributed by atoms with van der Waals surface area (Å²) in [6.45, 7) is 3.42. The SMILES string of the molecule is CCCCCCCC/C=C\CCCCC(O)C(=O)NC(COC1OC(CO)C(O)C(O)C1O)C(O)C(O)CCCCCCCCCCCCCCCCCCC. The van der Waals surface area contributed by atoms with Gasteiger partial charge in [0.15, 0.2) is 6.29 Å². The van der Waals surface area contributed by atoms with Crippen LogP contribution in [-0.4, -0.2) is 110 Å². The van der Waals surface area contributed by atoms with E-state index in [4.69, 9.17) is 9.47 Å². The van der Waals surface area contributed by atoms with E-state index < -0.39 is 74.2 Å². The van der Waals surface area contributed by atoms with Crippen molar-refractivity contribution in [1.82, 2.24) is 5.32 Å². The summed E-state index contributed by atoms with van der Waals surface area (Å²) in [5, 5.41) is 75.6. The van der Waals surface area contributed by atoms with Gasteiger partial charge in [0.1, 0.15) is 36.6 Å². The van der Waals surface area contributed by atoms with Gasteiger partial charge in [0.25, 0.3) is 0 Å². The number of hydrogen-bond acceptors (Lipinski definition) is 10. The zero-order valence-electron chi connectivity index (χ0n) is 35.6. The molecule has 1 aliphatic heterocycles. The fourth-order valence-corrected chi connectivity index (χ4v) is 7.43. The zero-order chi connectivity index (χ0) is 41.2. The van der Waals surface area contributed by atoms with E-state index in [0.29, 0.717) is 19.3 Å². The lowest BCUT2D eigenvalue weighted by Crippen LogP contribution is -2.60. The van der Waals surface area contributed by atoms with E-state index in [-0.39, 0.29) is 6.42 Å². The van der Waals surface area contributed by atoms with Crippen LogP contribution in [0, 0.1) is 0 Å². The normalized spacial score (nSPS) is 22.3. The van der Waals surface area contributed by atoms with Crippen LogP contribution in [0.15, 0.2) is 12.2 Å². The summed E-state index contributed by atoms with van der Waals surface area (Å²) >= 11 is 0. The Balaban J connectivity index is 2.46. The Morgan fingerprint density at radius 1 is 0.607 bits per heavy atom. The lowest BCUT2D eigenvalue weighted by Gasteiger charge is -2.40. The van der Waals surface area contributed by atoms with E-state index in [2.05, 4.69) is 31.3 Å². The second kappa shape index (κ2) is 35.8. The molecule has 0 bridgehead atoms. The highest BCUT2D eigenvalue weighted by molar-refractivity contribution is 5.80. The van der Waals surface area contributed by atoms with Crippen molar-refractivity contribution in [3.8, 4) is 0 Å². The third-order valence-corrected chi connectivity index (χ3v) is 11.3. The molecular weight excluding hydrogens is 714 g/mol. The topological polar surface area (TPSA) is 189 Å². The van der Waals surface area contributed by atoms with Gasteiger partial charge in [-0.15, -0.1) is 0 Å². The molecule has 0 saturated carbocycles. The van der Waals surface area contributed by atoms with Crippen molar-refractivity contribution < 1.29 is 50.0 Å². The molecule has 0 aromatic rings. The highest BCUT2D eigenvalue weighted by Crippen LogP contribution is 2.23. The maximum atomic E-state index is 13.0. The molecule has 332 valence electrons. The summed E-state index contributed by atoms with van der Waals surface area (Å²) in [5.41, 5.74) is 0. The summed E-state index contributed by atoms with van der Waals surface area (Å²) < 4.78 is 11.1. The average molecular weight is 802 g/mol. The van der Waals surface area contributed by atoms with E-state index in [1.54, 1.807) is 0 Å². The minimum Gasteiger partial charge on any atom is -0.394 e. The van der Waals surface area contributed by atoms with Crippen LogP contribution in [0.25, 0.3) is 0 Å². The van der Waals surface area contributed by atoms with E-state index >= 15 is 0 Å². The lowest BCUT2D eigenvalue weighted by molar-refractivity contribution is -0.303. The molecule has 8 N–H and O–H groups in total. The second-order valence-electron chi connectivity index (χ2n) is 16.5. The fourth-order valence-electron chi connectivity index (χ4n) is 7.43. The monoisotopic (exact) mass is 802 g/mol. The molecule has 1 saturated heterocycles. The number of nitrogens with one attached hydrogen (secondary N) is 1. The molecule has 56 heavy (non-hydrogen) atoms. The molecule has 0 aromatic heterocycles. The first kappa shape index (κ1) is 52.9. The number of allylic oxidation sites excluding steroid dienone is 2. The van der Waals surface area contributed by atoms with E-state index in [9.17, 15) is 40.5 Å². The molecule has 1 heterocycles. The number of carbonyl (C=O) groups is 1. The quantitative estimate of drug-likeness (QED) is 0.0233. The molecule has 1 fully saturated rings. The van der Waals surface area contributed by atoms with Crippen LogP contribution in [0.2, 0.25) is 0 Å². The van der Waals surface area contributed by atoms with Crippen LogP contribution < -0.4 is 5.32 Å². The molecule has 0 aliphatic carbocycles. The van der Waals surface area contributed by atoms with Crippen LogP contribution in [0.5, 0.6) is 0 Å². The Kier molecular flexibility index (Phi) is 33.8. The van der Waals surface area contributed by atoms with Crippen LogP contribution in [0.4, 0.5) is 0 Å². The Morgan fingerprint density at radius 2 is 1.04 bits per heavy atom. The number of aliphatic hydroxyl groups is 7. The summed E-state index contributed by atoms with van der Waals surface area (Å²) in [6, 6.07) is -1.17. The summed E-state index contributed by atoms with van der Waals surface area (Å²) in [7, 11) is 0. The Morgan fingerprint density at radius 3 is 1.52 bits per heavy atom. The van der Waals surface area contributed by atoms with Crippen molar-refractivity contribution >= 4 is 5.91 Å². The van der Waals surface area contributed by atoms with Gasteiger partial charge in [-0.05, 0) is 38.5 Å². The molecular formula is C45H87NO10. The van der Waals surface area contributed by atoms with Gasteiger partial charge in [-0.25, -0.2) is 0 Å². The number of ether oxygens (including phenoxy) is 2. The van der Waals surface area contributed by atoms with Gasteiger partial charge in [-0.1, -0.05) is 174 Å². The van der Waals surface area contributed by atoms with Crippen molar-refractivity contribution in [2.24, 2.45) is 0 Å².